The van der Waals surface area contributed by atoms with Crippen LogP contribution >= 0.6 is 0 Å². The molecule has 0 spiro atoms. The van der Waals surface area contributed by atoms with E-state index in [-0.39, 0.29) is 18.2 Å². The van der Waals surface area contributed by atoms with Crippen molar-refractivity contribution < 1.29 is 9.90 Å². The minimum Gasteiger partial charge on any atom is -0.391 e. The topological polar surface area (TPSA) is 61.4 Å². The van der Waals surface area contributed by atoms with Gasteiger partial charge in [-0.05, 0) is 25.7 Å². The number of hydrogen-bond acceptors (Lipinski definition) is 2. The first-order valence-electron chi connectivity index (χ1n) is 7.01. The summed E-state index contributed by atoms with van der Waals surface area (Å²) in [5.41, 5.74) is 0. The summed E-state index contributed by atoms with van der Waals surface area (Å²) in [6.45, 7) is 0. The number of hydrogen-bond donors (Lipinski definition) is 3. The van der Waals surface area contributed by atoms with Crippen LogP contribution in [0.4, 0.5) is 4.79 Å². The molecular formula is C13H24N2O2. The fraction of sp³-hybridized carbons (Fsp3) is 0.923. The Morgan fingerprint density at radius 3 is 2.24 bits per heavy atom. The van der Waals surface area contributed by atoms with E-state index in [9.17, 15) is 9.90 Å². The predicted molar refractivity (Wildman–Crippen MR) is 66.8 cm³/mol. The van der Waals surface area contributed by atoms with Crippen LogP contribution in [-0.2, 0) is 0 Å². The molecule has 2 aliphatic rings. The summed E-state index contributed by atoms with van der Waals surface area (Å²) >= 11 is 0. The number of amides is 2. The van der Waals surface area contributed by atoms with Crippen LogP contribution in [0.3, 0.4) is 0 Å². The highest BCUT2D eigenvalue weighted by Crippen LogP contribution is 2.19. The highest BCUT2D eigenvalue weighted by molar-refractivity contribution is 5.74. The zero-order valence-electron chi connectivity index (χ0n) is 10.5. The molecular weight excluding hydrogens is 216 g/mol. The highest BCUT2D eigenvalue weighted by atomic mass is 16.3. The Morgan fingerprint density at radius 2 is 1.53 bits per heavy atom. The summed E-state index contributed by atoms with van der Waals surface area (Å²) in [5.74, 6) is 0. The first-order valence-corrected chi connectivity index (χ1v) is 7.01. The Bertz CT molecular complexity index is 252. The Morgan fingerprint density at radius 1 is 0.882 bits per heavy atom. The van der Waals surface area contributed by atoms with Crippen LogP contribution in [0.5, 0.6) is 0 Å². The summed E-state index contributed by atoms with van der Waals surface area (Å²) in [5, 5.41) is 15.7. The van der Waals surface area contributed by atoms with Gasteiger partial charge in [0.15, 0.2) is 0 Å². The van der Waals surface area contributed by atoms with Crippen LogP contribution in [0, 0.1) is 0 Å². The van der Waals surface area contributed by atoms with Gasteiger partial charge in [0.25, 0.3) is 0 Å². The molecule has 2 amide bonds. The number of carbonyl (C=O) groups is 1. The van der Waals surface area contributed by atoms with Crippen molar-refractivity contribution in [2.45, 2.75) is 76.0 Å². The van der Waals surface area contributed by atoms with Crippen LogP contribution in [0.2, 0.25) is 0 Å². The molecule has 0 bridgehead atoms. The van der Waals surface area contributed by atoms with Gasteiger partial charge in [-0.1, -0.05) is 32.1 Å². The molecule has 0 aromatic rings. The van der Waals surface area contributed by atoms with Crippen molar-refractivity contribution in [2.75, 3.05) is 0 Å². The van der Waals surface area contributed by atoms with Gasteiger partial charge in [-0.3, -0.25) is 0 Å². The SMILES string of the molecule is O=C(NC1CCCCC1)NC1CCCCC1O. The second-order valence-electron chi connectivity index (χ2n) is 5.41. The van der Waals surface area contributed by atoms with Gasteiger partial charge in [0, 0.05) is 6.04 Å². The molecule has 2 atom stereocenters. The number of aliphatic hydroxyl groups excluding tert-OH is 1. The van der Waals surface area contributed by atoms with Crippen molar-refractivity contribution >= 4 is 6.03 Å². The summed E-state index contributed by atoms with van der Waals surface area (Å²) in [6.07, 6.45) is 9.46. The number of rotatable bonds is 2. The smallest absolute Gasteiger partial charge is 0.315 e. The van der Waals surface area contributed by atoms with E-state index in [1.54, 1.807) is 0 Å². The van der Waals surface area contributed by atoms with Crippen molar-refractivity contribution in [2.24, 2.45) is 0 Å². The maximum absolute atomic E-state index is 11.8. The standard InChI is InChI=1S/C13H24N2O2/c16-12-9-5-4-8-11(12)15-13(17)14-10-6-2-1-3-7-10/h10-12,16H,1-9H2,(H2,14,15,17). The molecule has 0 aliphatic heterocycles. The first kappa shape index (κ1) is 12.7. The van der Waals surface area contributed by atoms with Gasteiger partial charge in [-0.2, -0.15) is 0 Å². The quantitative estimate of drug-likeness (QED) is 0.690. The largest absolute Gasteiger partial charge is 0.391 e. The second-order valence-corrected chi connectivity index (χ2v) is 5.41. The zero-order valence-corrected chi connectivity index (χ0v) is 10.5. The monoisotopic (exact) mass is 240 g/mol. The molecule has 3 N–H and O–H groups in total. The lowest BCUT2D eigenvalue weighted by Gasteiger charge is -2.30. The van der Waals surface area contributed by atoms with Gasteiger partial charge in [0.1, 0.15) is 0 Å². The Hall–Kier alpha value is -0.770. The molecule has 2 saturated carbocycles. The molecule has 0 radical (unpaired) electrons. The molecule has 17 heavy (non-hydrogen) atoms. The number of aliphatic hydroxyl groups is 1. The van der Waals surface area contributed by atoms with E-state index >= 15 is 0 Å². The fourth-order valence-corrected chi connectivity index (χ4v) is 2.92. The molecule has 2 aliphatic carbocycles. The van der Waals surface area contributed by atoms with Gasteiger partial charge in [0.05, 0.1) is 12.1 Å². The van der Waals surface area contributed by atoms with Gasteiger partial charge in [-0.15, -0.1) is 0 Å². The lowest BCUT2D eigenvalue weighted by molar-refractivity contribution is 0.0938. The Balaban J connectivity index is 1.72. The van der Waals surface area contributed by atoms with Crippen molar-refractivity contribution in [1.29, 1.82) is 0 Å². The fourth-order valence-electron chi connectivity index (χ4n) is 2.92. The molecule has 2 rings (SSSR count). The molecule has 0 aromatic carbocycles. The van der Waals surface area contributed by atoms with Crippen molar-refractivity contribution in [3.63, 3.8) is 0 Å². The third kappa shape index (κ3) is 3.87. The number of nitrogens with one attached hydrogen (secondary N) is 2. The normalized spacial score (nSPS) is 30.9. The van der Waals surface area contributed by atoms with Gasteiger partial charge in [0.2, 0.25) is 0 Å². The summed E-state index contributed by atoms with van der Waals surface area (Å²) in [4.78, 5) is 11.8. The van der Waals surface area contributed by atoms with Crippen LogP contribution < -0.4 is 10.6 Å². The summed E-state index contributed by atoms with van der Waals surface area (Å²) < 4.78 is 0. The van der Waals surface area contributed by atoms with E-state index < -0.39 is 0 Å². The van der Waals surface area contributed by atoms with Gasteiger partial charge < -0.3 is 15.7 Å². The van der Waals surface area contributed by atoms with E-state index in [2.05, 4.69) is 10.6 Å². The molecule has 2 unspecified atom stereocenters. The maximum atomic E-state index is 11.8. The second kappa shape index (κ2) is 6.24. The van der Waals surface area contributed by atoms with E-state index in [4.69, 9.17) is 0 Å². The molecule has 4 heteroatoms. The maximum Gasteiger partial charge on any atom is 0.315 e. The third-order valence-corrected chi connectivity index (χ3v) is 3.99. The lowest BCUT2D eigenvalue weighted by Crippen LogP contribution is -2.51. The molecule has 98 valence electrons. The Kier molecular flexibility index (Phi) is 4.66. The third-order valence-electron chi connectivity index (χ3n) is 3.99. The van der Waals surface area contributed by atoms with Gasteiger partial charge in [-0.25, -0.2) is 4.79 Å². The van der Waals surface area contributed by atoms with Crippen LogP contribution in [0.15, 0.2) is 0 Å². The van der Waals surface area contributed by atoms with Crippen LogP contribution in [-0.4, -0.2) is 29.3 Å². The van der Waals surface area contributed by atoms with Gasteiger partial charge >= 0.3 is 6.03 Å². The van der Waals surface area contributed by atoms with E-state index in [0.29, 0.717) is 6.04 Å². The predicted octanol–water partition coefficient (Wildman–Crippen LogP) is 1.92. The van der Waals surface area contributed by atoms with Crippen LogP contribution in [0.25, 0.3) is 0 Å². The van der Waals surface area contributed by atoms with E-state index in [1.165, 1.54) is 19.3 Å². The molecule has 0 heterocycles. The minimum atomic E-state index is -0.360. The molecule has 2 fully saturated rings. The summed E-state index contributed by atoms with van der Waals surface area (Å²) in [6, 6.07) is 0.194. The lowest BCUT2D eigenvalue weighted by atomic mass is 9.92. The summed E-state index contributed by atoms with van der Waals surface area (Å²) in [7, 11) is 0. The average molecular weight is 240 g/mol. The van der Waals surface area contributed by atoms with E-state index in [1.807, 2.05) is 0 Å². The van der Waals surface area contributed by atoms with E-state index in [0.717, 1.165) is 38.5 Å². The van der Waals surface area contributed by atoms with Crippen molar-refractivity contribution in [3.05, 3.63) is 0 Å². The number of carbonyl (C=O) groups excluding carboxylic acids is 1. The average Bonchev–Trinajstić information content (AvgIpc) is 2.33. The Labute approximate surface area is 103 Å². The first-order chi connectivity index (χ1) is 8.25. The van der Waals surface area contributed by atoms with Crippen LogP contribution in [0.1, 0.15) is 57.8 Å². The minimum absolute atomic E-state index is 0.0488. The zero-order chi connectivity index (χ0) is 12.1. The molecule has 4 nitrogen and oxygen atoms in total. The highest BCUT2D eigenvalue weighted by Gasteiger charge is 2.25. The number of urea groups is 1. The molecule has 0 saturated heterocycles. The molecule has 0 aromatic heterocycles. The van der Waals surface area contributed by atoms with Crippen molar-refractivity contribution in [1.82, 2.24) is 10.6 Å². The van der Waals surface area contributed by atoms with Crippen molar-refractivity contribution in [3.8, 4) is 0 Å².